The van der Waals surface area contributed by atoms with Gasteiger partial charge < -0.3 is 5.73 Å². The molecule has 18 heavy (non-hydrogen) atoms. The van der Waals surface area contributed by atoms with Gasteiger partial charge in [-0.1, -0.05) is 6.42 Å². The number of carbonyl (C=O) groups excluding carboxylic acids is 1. The number of rotatable bonds is 2. The average Bonchev–Trinajstić information content (AvgIpc) is 2.43. The van der Waals surface area contributed by atoms with Crippen LogP contribution in [0.5, 0.6) is 0 Å². The predicted octanol–water partition coefficient (Wildman–Crippen LogP) is 1.21. The van der Waals surface area contributed by atoms with Crippen molar-refractivity contribution in [2.75, 3.05) is 12.3 Å². The van der Waals surface area contributed by atoms with E-state index in [0.29, 0.717) is 18.2 Å². The van der Waals surface area contributed by atoms with E-state index in [1.165, 1.54) is 12.1 Å². The van der Waals surface area contributed by atoms with Crippen LogP contribution in [0.25, 0.3) is 0 Å². The molecule has 3 rings (SSSR count). The summed E-state index contributed by atoms with van der Waals surface area (Å²) < 4.78 is 25.5. The molecule has 0 saturated heterocycles. The first-order valence-corrected chi connectivity index (χ1v) is 7.41. The van der Waals surface area contributed by atoms with E-state index in [4.69, 9.17) is 5.73 Å². The maximum absolute atomic E-state index is 12.3. The molecule has 2 aliphatic rings. The highest BCUT2D eigenvalue weighted by atomic mass is 32.2. The van der Waals surface area contributed by atoms with Gasteiger partial charge in [-0.2, -0.15) is 0 Å². The van der Waals surface area contributed by atoms with Crippen LogP contribution in [0.3, 0.4) is 0 Å². The first-order valence-electron chi connectivity index (χ1n) is 5.97. The summed E-state index contributed by atoms with van der Waals surface area (Å²) in [5.41, 5.74) is 6.18. The molecule has 96 valence electrons. The van der Waals surface area contributed by atoms with Crippen molar-refractivity contribution >= 4 is 21.6 Å². The van der Waals surface area contributed by atoms with Crippen LogP contribution in [-0.2, 0) is 10.0 Å². The van der Waals surface area contributed by atoms with Crippen molar-refractivity contribution in [1.29, 1.82) is 0 Å². The highest BCUT2D eigenvalue weighted by Gasteiger charge is 2.42. The zero-order valence-corrected chi connectivity index (χ0v) is 10.6. The van der Waals surface area contributed by atoms with E-state index in [9.17, 15) is 13.2 Å². The molecular weight excluding hydrogens is 252 g/mol. The van der Waals surface area contributed by atoms with Gasteiger partial charge in [0.15, 0.2) is 0 Å². The second-order valence-corrected chi connectivity index (χ2v) is 6.72. The number of nitrogens with two attached hydrogens (primary N) is 1. The van der Waals surface area contributed by atoms with Gasteiger partial charge >= 0.3 is 0 Å². The lowest BCUT2D eigenvalue weighted by Gasteiger charge is -2.29. The van der Waals surface area contributed by atoms with Gasteiger partial charge in [0.1, 0.15) is 4.90 Å². The lowest BCUT2D eigenvalue weighted by molar-refractivity contribution is 0.0839. The van der Waals surface area contributed by atoms with Crippen LogP contribution < -0.4 is 5.73 Å². The number of nitrogen functional groups attached to an aromatic ring is 1. The Bertz CT molecular complexity index is 620. The topological polar surface area (TPSA) is 80.5 Å². The largest absolute Gasteiger partial charge is 0.399 e. The van der Waals surface area contributed by atoms with Crippen LogP contribution in [0.1, 0.15) is 29.6 Å². The Balaban J connectivity index is 2.02. The third-order valence-corrected chi connectivity index (χ3v) is 5.47. The number of carbonyl (C=O) groups is 1. The molecule has 1 aromatic carbocycles. The second kappa shape index (κ2) is 3.71. The van der Waals surface area contributed by atoms with E-state index < -0.39 is 15.9 Å². The summed E-state index contributed by atoms with van der Waals surface area (Å²) >= 11 is 0. The summed E-state index contributed by atoms with van der Waals surface area (Å²) in [7, 11) is -3.69. The summed E-state index contributed by atoms with van der Waals surface area (Å²) in [6.07, 6.45) is 3.11. The standard InChI is InChI=1S/C12H14N2O3S/c13-9-4-5-10-11(6-9)18(16,17)14(12(10)15)7-8-2-1-3-8/h4-6,8H,1-3,7,13H2. The Morgan fingerprint density at radius 2 is 2.06 bits per heavy atom. The van der Waals surface area contributed by atoms with Gasteiger partial charge in [-0.05, 0) is 37.0 Å². The molecule has 1 heterocycles. The fraction of sp³-hybridized carbons (Fsp3) is 0.417. The van der Waals surface area contributed by atoms with E-state index in [0.717, 1.165) is 23.6 Å². The van der Waals surface area contributed by atoms with E-state index in [1.807, 2.05) is 0 Å². The number of nitrogens with zero attached hydrogens (tertiary/aromatic N) is 1. The fourth-order valence-electron chi connectivity index (χ4n) is 2.38. The van der Waals surface area contributed by atoms with Gasteiger partial charge in [-0.25, -0.2) is 12.7 Å². The molecule has 1 amide bonds. The number of hydrogen-bond acceptors (Lipinski definition) is 4. The van der Waals surface area contributed by atoms with Crippen LogP contribution in [0.4, 0.5) is 5.69 Å². The Hall–Kier alpha value is -1.56. The molecule has 1 aromatic rings. The van der Waals surface area contributed by atoms with Gasteiger partial charge in [-0.15, -0.1) is 0 Å². The second-order valence-electron chi connectivity index (χ2n) is 4.89. The molecule has 0 radical (unpaired) electrons. The average molecular weight is 266 g/mol. The molecular formula is C12H14N2O3S. The van der Waals surface area contributed by atoms with Crippen LogP contribution in [0.2, 0.25) is 0 Å². The minimum absolute atomic E-state index is 0.0480. The lowest BCUT2D eigenvalue weighted by Crippen LogP contribution is -2.36. The minimum atomic E-state index is -3.69. The molecule has 0 bridgehead atoms. The first-order chi connectivity index (χ1) is 8.50. The van der Waals surface area contributed by atoms with Gasteiger partial charge in [-0.3, -0.25) is 4.79 Å². The monoisotopic (exact) mass is 266 g/mol. The lowest BCUT2D eigenvalue weighted by atomic mass is 9.85. The van der Waals surface area contributed by atoms with Gasteiger partial charge in [0.05, 0.1) is 5.56 Å². The van der Waals surface area contributed by atoms with E-state index in [-0.39, 0.29) is 10.5 Å². The Morgan fingerprint density at radius 3 is 2.67 bits per heavy atom. The molecule has 5 nitrogen and oxygen atoms in total. The highest BCUT2D eigenvalue weighted by Crippen LogP contribution is 2.35. The number of hydrogen-bond donors (Lipinski definition) is 1. The van der Waals surface area contributed by atoms with E-state index in [1.54, 1.807) is 6.07 Å². The Kier molecular flexibility index (Phi) is 2.38. The summed E-state index contributed by atoms with van der Waals surface area (Å²) in [5.74, 6) is -0.104. The third kappa shape index (κ3) is 1.52. The van der Waals surface area contributed by atoms with Crippen molar-refractivity contribution in [2.24, 2.45) is 5.92 Å². The maximum atomic E-state index is 12.3. The van der Waals surface area contributed by atoms with Gasteiger partial charge in [0, 0.05) is 12.2 Å². The molecule has 1 aliphatic carbocycles. The van der Waals surface area contributed by atoms with Gasteiger partial charge in [0.25, 0.3) is 15.9 Å². The van der Waals surface area contributed by atoms with Crippen molar-refractivity contribution in [1.82, 2.24) is 4.31 Å². The molecule has 0 spiro atoms. The number of amides is 1. The molecule has 1 saturated carbocycles. The minimum Gasteiger partial charge on any atom is -0.399 e. The number of anilines is 1. The number of fused-ring (bicyclic) bond motifs is 1. The van der Waals surface area contributed by atoms with Crippen LogP contribution in [-0.4, -0.2) is 25.2 Å². The molecule has 1 fully saturated rings. The van der Waals surface area contributed by atoms with E-state index >= 15 is 0 Å². The Labute approximate surface area is 106 Å². The Morgan fingerprint density at radius 1 is 1.33 bits per heavy atom. The number of benzene rings is 1. The zero-order chi connectivity index (χ0) is 12.9. The normalized spacial score (nSPS) is 21.8. The summed E-state index contributed by atoms with van der Waals surface area (Å²) in [6.45, 7) is 0.301. The molecule has 0 atom stereocenters. The molecule has 2 N–H and O–H groups in total. The smallest absolute Gasteiger partial charge is 0.269 e. The van der Waals surface area contributed by atoms with Crippen molar-refractivity contribution in [3.05, 3.63) is 23.8 Å². The van der Waals surface area contributed by atoms with Crippen molar-refractivity contribution in [3.8, 4) is 0 Å². The SMILES string of the molecule is Nc1ccc2c(c1)S(=O)(=O)N(CC1CCC1)C2=O. The van der Waals surface area contributed by atoms with Gasteiger partial charge in [0.2, 0.25) is 0 Å². The summed E-state index contributed by atoms with van der Waals surface area (Å²) in [5, 5.41) is 0. The van der Waals surface area contributed by atoms with Crippen molar-refractivity contribution < 1.29 is 13.2 Å². The van der Waals surface area contributed by atoms with Crippen molar-refractivity contribution in [2.45, 2.75) is 24.2 Å². The van der Waals surface area contributed by atoms with Crippen LogP contribution >= 0.6 is 0 Å². The van der Waals surface area contributed by atoms with Crippen LogP contribution in [0.15, 0.2) is 23.1 Å². The first kappa shape index (κ1) is 11.5. The number of sulfonamides is 1. The summed E-state index contributed by atoms with van der Waals surface area (Å²) in [6, 6.07) is 4.41. The van der Waals surface area contributed by atoms with E-state index in [2.05, 4.69) is 0 Å². The molecule has 1 aliphatic heterocycles. The quantitative estimate of drug-likeness (QED) is 0.816. The van der Waals surface area contributed by atoms with Crippen LogP contribution in [0, 0.1) is 5.92 Å². The maximum Gasteiger partial charge on any atom is 0.269 e. The zero-order valence-electron chi connectivity index (χ0n) is 9.80. The molecule has 0 unspecified atom stereocenters. The molecule has 0 aromatic heterocycles. The summed E-state index contributed by atoms with van der Waals surface area (Å²) in [4.78, 5) is 12.2. The molecule has 6 heteroatoms. The third-order valence-electron chi connectivity index (χ3n) is 3.68. The fourth-order valence-corrected chi connectivity index (χ4v) is 4.06. The predicted molar refractivity (Wildman–Crippen MR) is 66.4 cm³/mol. The van der Waals surface area contributed by atoms with Crippen molar-refractivity contribution in [3.63, 3.8) is 0 Å². The highest BCUT2D eigenvalue weighted by molar-refractivity contribution is 7.90.